The number of amides is 3. The standard InChI is InChI=1S/2C27H36FNO5.C26H34FNO6/c2*1-15-13-22(28)17(3)25-23(33-27(6,7)34-25)11-9-10-20-14-21(29(8)19(5)30)12-16(2)24(20)26(31)32-18(15)4;1-14-12-20(27)23(30)24-21(33-26(5,6)34-24)10-8-9-18-13-19(28(7)17(4)29)11-15(2)22(18)25(31)32-16(14)3/h2*9-10,12-15,17-18,23,25H,11H2,1-8H3;8-9,11-14,16,21,23-24,30H,10H2,1-7H3/b2*10-9?,22-13+;9-8?,20-12+/t15-,17?,18+,23?,25?;15-,17?,18+,23+,25-;14-,16+,21-,23?,24-/m111/s1. The van der Waals surface area contributed by atoms with Crippen LogP contribution in [0.1, 0.15) is 201 Å². The minimum Gasteiger partial charge on any atom is -0.458 e. The van der Waals surface area contributed by atoms with Crippen LogP contribution in [0.2, 0.25) is 0 Å². The second kappa shape index (κ2) is 33.5. The predicted molar refractivity (Wildman–Crippen MR) is 387 cm³/mol. The molecule has 0 bridgehead atoms. The molecule has 9 rings (SSSR count). The summed E-state index contributed by atoms with van der Waals surface area (Å²) in [7, 11) is 5.05. The fourth-order valence-electron chi connectivity index (χ4n) is 13.0. The van der Waals surface area contributed by atoms with Crippen molar-refractivity contribution in [3.8, 4) is 0 Å². The predicted octanol–water partition coefficient (Wildman–Crippen LogP) is 15.5. The smallest absolute Gasteiger partial charge is 0.339 e. The molecule has 0 radical (unpaired) electrons. The maximum Gasteiger partial charge on any atom is 0.339 e. The normalized spacial score (nSPS) is 30.9. The molecule has 0 spiro atoms. The molecule has 3 fully saturated rings. The molecule has 6 aliphatic heterocycles. The summed E-state index contributed by atoms with van der Waals surface area (Å²) < 4.78 is 98.5. The van der Waals surface area contributed by atoms with Gasteiger partial charge in [-0.15, -0.1) is 0 Å². The van der Waals surface area contributed by atoms with Gasteiger partial charge in [0.25, 0.3) is 0 Å². The first-order valence-electron chi connectivity index (χ1n) is 35.1. The number of nitrogens with zero attached hydrogens (tertiary/aromatic N) is 3. The second-order valence-corrected chi connectivity index (χ2v) is 29.3. The molecule has 0 aromatic heterocycles. The number of aryl methyl sites for hydroxylation is 3. The number of ether oxygens (including phenoxy) is 9. The van der Waals surface area contributed by atoms with Gasteiger partial charge in [0.15, 0.2) is 17.4 Å². The van der Waals surface area contributed by atoms with Gasteiger partial charge in [0, 0.05) is 88.6 Å². The quantitative estimate of drug-likeness (QED) is 0.191. The van der Waals surface area contributed by atoms with E-state index in [4.69, 9.17) is 42.6 Å². The highest BCUT2D eigenvalue weighted by Crippen LogP contribution is 2.42. The van der Waals surface area contributed by atoms with E-state index in [0.717, 1.165) is 0 Å². The van der Waals surface area contributed by atoms with Crippen molar-refractivity contribution in [1.29, 1.82) is 0 Å². The van der Waals surface area contributed by atoms with Gasteiger partial charge in [0.2, 0.25) is 17.7 Å². The number of anilines is 3. The molecule has 3 aromatic carbocycles. The summed E-state index contributed by atoms with van der Waals surface area (Å²) in [6.07, 6.45) is 10.2. The maximum atomic E-state index is 15.2. The van der Waals surface area contributed by atoms with Crippen molar-refractivity contribution in [3.63, 3.8) is 0 Å². The molecule has 3 saturated heterocycles. The Morgan fingerprint density at radius 1 is 0.422 bits per heavy atom. The number of fused-ring (bicyclic) bond motifs is 6. The topological polar surface area (TPSA) is 215 Å². The van der Waals surface area contributed by atoms with Crippen LogP contribution in [0.15, 0.2) is 90.3 Å². The van der Waals surface area contributed by atoms with Crippen molar-refractivity contribution in [2.75, 3.05) is 35.8 Å². The van der Waals surface area contributed by atoms with E-state index in [2.05, 4.69) is 0 Å². The van der Waals surface area contributed by atoms with Crippen molar-refractivity contribution in [1.82, 2.24) is 0 Å². The SMILES string of the molecule is CC(=O)N(C)c1cc(C)c2c(c1)C=CCC1OC(C)(C)OC1C(C)/C(F)=C\[C@@H](C)[C@H](C)OC2=O.CC(=O)N(C)c1cc(C)c2c(c1)C=CC[C@@H]1OC(C)(C)O[C@@H]1C(C)/C(F)=C\[C@@H](C)[C@H](C)OC2=O.CC(=O)N(C)c1cc(C)c2c(c1)C=CC[C@H]1OC(C)(C)O[C@H]1C(O)/C(F)=C\[C@@H](C)[C@H](C)OC2=O. The number of aliphatic hydroxyl groups excluding tert-OH is 1. The lowest BCUT2D eigenvalue weighted by Gasteiger charge is -2.25. The minimum atomic E-state index is -1.51. The number of hydrogen-bond donors (Lipinski definition) is 1. The monoisotopic (exact) mass is 1420 g/mol. The minimum absolute atomic E-state index is 0.112. The summed E-state index contributed by atoms with van der Waals surface area (Å²) in [5, 5.41) is 10.7. The van der Waals surface area contributed by atoms with Gasteiger partial charge < -0.3 is 62.4 Å². The number of carbonyl (C=O) groups excluding carboxylic acids is 6. The number of cyclic esters (lactones) is 3. The van der Waals surface area contributed by atoms with Gasteiger partial charge in [-0.1, -0.05) is 71.1 Å². The van der Waals surface area contributed by atoms with Gasteiger partial charge in [-0.3, -0.25) is 14.4 Å². The molecular weight excluding hydrogens is 1320 g/mol. The van der Waals surface area contributed by atoms with E-state index in [1.807, 2.05) is 79.7 Å². The van der Waals surface area contributed by atoms with E-state index >= 15 is 8.78 Å². The van der Waals surface area contributed by atoms with E-state index in [-0.39, 0.29) is 53.4 Å². The molecule has 0 saturated carbocycles. The summed E-state index contributed by atoms with van der Waals surface area (Å²) in [5.41, 5.74) is 7.14. The molecule has 3 aromatic rings. The van der Waals surface area contributed by atoms with Crippen LogP contribution in [-0.2, 0) is 57.0 Å². The van der Waals surface area contributed by atoms with E-state index in [1.54, 1.807) is 132 Å². The number of carbonyl (C=O) groups is 6. The Labute approximate surface area is 600 Å². The average molecular weight is 1420 g/mol. The first-order chi connectivity index (χ1) is 47.4. The first-order valence-corrected chi connectivity index (χ1v) is 35.1. The highest BCUT2D eigenvalue weighted by atomic mass is 19.1. The summed E-state index contributed by atoms with van der Waals surface area (Å²) in [6.45, 7) is 34.7. The van der Waals surface area contributed by atoms with Crippen molar-refractivity contribution in [2.24, 2.45) is 29.6 Å². The Bertz CT molecular complexity index is 3430. The van der Waals surface area contributed by atoms with Crippen LogP contribution in [-0.4, -0.2) is 140 Å². The van der Waals surface area contributed by atoms with Gasteiger partial charge >= 0.3 is 17.9 Å². The van der Waals surface area contributed by atoms with Crippen LogP contribution in [0.25, 0.3) is 18.2 Å². The van der Waals surface area contributed by atoms with Gasteiger partial charge in [0.1, 0.15) is 48.0 Å². The number of halogens is 3. The number of benzene rings is 3. The Kier molecular flexibility index (Phi) is 26.8. The summed E-state index contributed by atoms with van der Waals surface area (Å²) >= 11 is 0. The average Bonchev–Trinajstić information content (AvgIpc) is 1.23. The Balaban J connectivity index is 0.000000214. The summed E-state index contributed by atoms with van der Waals surface area (Å²) in [4.78, 5) is 79.9. The summed E-state index contributed by atoms with van der Waals surface area (Å²) in [6, 6.07) is 10.7. The van der Waals surface area contributed by atoms with E-state index < -0.39 is 108 Å². The maximum absolute atomic E-state index is 15.2. The van der Waals surface area contributed by atoms with Gasteiger partial charge in [-0.05, 0) is 190 Å². The highest BCUT2D eigenvalue weighted by molar-refractivity contribution is 6.00. The third kappa shape index (κ3) is 20.0. The molecule has 558 valence electrons. The third-order valence-corrected chi connectivity index (χ3v) is 19.7. The van der Waals surface area contributed by atoms with Crippen molar-refractivity contribution in [2.45, 2.75) is 236 Å². The van der Waals surface area contributed by atoms with Crippen LogP contribution in [0, 0.1) is 50.4 Å². The molecule has 102 heavy (non-hydrogen) atoms. The van der Waals surface area contributed by atoms with Crippen LogP contribution in [0.3, 0.4) is 0 Å². The number of hydrogen-bond acceptors (Lipinski definition) is 16. The molecule has 0 aliphatic carbocycles. The largest absolute Gasteiger partial charge is 0.458 e. The van der Waals surface area contributed by atoms with Crippen molar-refractivity contribution < 1.29 is 89.7 Å². The molecule has 22 heteroatoms. The zero-order valence-corrected chi connectivity index (χ0v) is 63.5. The van der Waals surface area contributed by atoms with Crippen LogP contribution in [0.5, 0.6) is 0 Å². The molecule has 3 amide bonds. The first kappa shape index (κ1) is 81.7. The van der Waals surface area contributed by atoms with Gasteiger partial charge in [-0.25, -0.2) is 27.6 Å². The van der Waals surface area contributed by atoms with E-state index in [1.165, 1.54) is 53.7 Å². The number of esters is 3. The van der Waals surface area contributed by atoms with Crippen LogP contribution in [0.4, 0.5) is 30.2 Å². The molecule has 19 nitrogen and oxygen atoms in total. The molecule has 5 unspecified atom stereocenters. The van der Waals surface area contributed by atoms with Gasteiger partial charge in [0.05, 0.1) is 47.2 Å². The lowest BCUT2D eigenvalue weighted by atomic mass is 9.93. The molecule has 6 heterocycles. The zero-order chi connectivity index (χ0) is 76.1. The number of rotatable bonds is 3. The Morgan fingerprint density at radius 3 is 0.951 bits per heavy atom. The van der Waals surface area contributed by atoms with E-state index in [9.17, 15) is 38.3 Å². The molecular formula is C80H106F3N3O16. The lowest BCUT2D eigenvalue weighted by Crippen LogP contribution is -2.36. The molecule has 15 atom stereocenters. The summed E-state index contributed by atoms with van der Waals surface area (Å²) in [5.74, 6) is -8.07. The second-order valence-electron chi connectivity index (χ2n) is 29.3. The van der Waals surface area contributed by atoms with Gasteiger partial charge in [-0.2, -0.15) is 0 Å². The Morgan fingerprint density at radius 2 is 0.676 bits per heavy atom. The van der Waals surface area contributed by atoms with Crippen LogP contribution >= 0.6 is 0 Å². The van der Waals surface area contributed by atoms with E-state index in [0.29, 0.717) is 86.4 Å². The number of aliphatic hydroxyl groups is 1. The lowest BCUT2D eigenvalue weighted by molar-refractivity contribution is -0.153. The van der Waals surface area contributed by atoms with Crippen molar-refractivity contribution in [3.05, 3.63) is 140 Å². The molecule has 6 aliphatic rings. The molecule has 1 N–H and O–H groups in total. The van der Waals surface area contributed by atoms with Crippen molar-refractivity contribution >= 4 is 70.9 Å². The third-order valence-electron chi connectivity index (χ3n) is 19.7. The highest BCUT2D eigenvalue weighted by Gasteiger charge is 2.48. The fourth-order valence-corrected chi connectivity index (χ4v) is 13.0. The van der Waals surface area contributed by atoms with Crippen LogP contribution < -0.4 is 14.7 Å². The zero-order valence-electron chi connectivity index (χ0n) is 63.5. The Hall–Kier alpha value is -7.57. The fraction of sp³-hybridized carbons (Fsp3) is 0.550.